The smallest absolute Gasteiger partial charge is 0.217 e. The van der Waals surface area contributed by atoms with E-state index in [2.05, 4.69) is 20.4 Å². The molecule has 0 aliphatic heterocycles. The second-order valence-electron chi connectivity index (χ2n) is 7.34. The third-order valence-corrected chi connectivity index (χ3v) is 5.66. The lowest BCUT2D eigenvalue weighted by Crippen LogP contribution is -2.44. The van der Waals surface area contributed by atoms with Crippen LogP contribution in [0.4, 0.5) is 0 Å². The van der Waals surface area contributed by atoms with E-state index in [0.29, 0.717) is 5.15 Å². The van der Waals surface area contributed by atoms with E-state index in [4.69, 9.17) is 11.6 Å². The van der Waals surface area contributed by atoms with Gasteiger partial charge in [-0.3, -0.25) is 9.48 Å². The summed E-state index contributed by atoms with van der Waals surface area (Å²) in [6.45, 7) is 1.55. The summed E-state index contributed by atoms with van der Waals surface area (Å²) < 4.78 is 3.99. The number of hydrogen-bond acceptors (Lipinski definition) is 4. The van der Waals surface area contributed by atoms with Crippen LogP contribution in [0.3, 0.4) is 0 Å². The maximum Gasteiger partial charge on any atom is 0.217 e. The molecule has 146 valence electrons. The maximum atomic E-state index is 11.2. The molecule has 0 atom stereocenters. The number of aromatic nitrogens is 5. The first kappa shape index (κ1) is 17.9. The molecule has 1 fully saturated rings. The van der Waals surface area contributed by atoms with Gasteiger partial charge in [-0.15, -0.1) is 0 Å². The van der Waals surface area contributed by atoms with Crippen molar-refractivity contribution in [2.75, 3.05) is 0 Å². The number of nitrogens with zero attached hydrogens (tertiary/aromatic N) is 5. The molecule has 3 aromatic heterocycles. The third-order valence-electron chi connectivity index (χ3n) is 5.38. The molecule has 7 nitrogen and oxygen atoms in total. The summed E-state index contributed by atoms with van der Waals surface area (Å²) in [4.78, 5) is 19.8. The number of nitrogens with one attached hydrogen (secondary N) is 1. The fourth-order valence-corrected chi connectivity index (χ4v) is 4.14. The van der Waals surface area contributed by atoms with Crippen LogP contribution >= 0.6 is 11.6 Å². The second-order valence-corrected chi connectivity index (χ2v) is 7.70. The minimum Gasteiger partial charge on any atom is -0.353 e. The predicted molar refractivity (Wildman–Crippen MR) is 111 cm³/mol. The molecule has 3 heterocycles. The highest BCUT2D eigenvalue weighted by atomic mass is 35.5. The highest BCUT2D eigenvalue weighted by molar-refractivity contribution is 6.35. The Kier molecular flexibility index (Phi) is 4.32. The number of amides is 1. The van der Waals surface area contributed by atoms with E-state index >= 15 is 0 Å². The van der Waals surface area contributed by atoms with Gasteiger partial charge in [0.1, 0.15) is 17.1 Å². The Bertz CT molecular complexity index is 1190. The second kappa shape index (κ2) is 7.00. The first-order valence-electron chi connectivity index (χ1n) is 9.49. The third kappa shape index (κ3) is 3.17. The molecule has 8 heteroatoms. The summed E-state index contributed by atoms with van der Waals surface area (Å²) in [5, 5.41) is 8.74. The Hall–Kier alpha value is -3.19. The zero-order valence-electron chi connectivity index (χ0n) is 15.8. The Morgan fingerprint density at radius 1 is 1.17 bits per heavy atom. The van der Waals surface area contributed by atoms with Crippen LogP contribution in [0.15, 0.2) is 55.2 Å². The fraction of sp³-hybridized carbons (Fsp3) is 0.238. The highest BCUT2D eigenvalue weighted by Crippen LogP contribution is 2.37. The summed E-state index contributed by atoms with van der Waals surface area (Å²) >= 11 is 6.46. The van der Waals surface area contributed by atoms with Crippen LogP contribution in [-0.2, 0) is 4.79 Å². The molecule has 1 amide bonds. The lowest BCUT2D eigenvalue weighted by atomic mass is 9.87. The van der Waals surface area contributed by atoms with Gasteiger partial charge in [0.05, 0.1) is 17.6 Å². The van der Waals surface area contributed by atoms with Crippen LogP contribution in [0, 0.1) is 0 Å². The average molecular weight is 407 g/mol. The number of benzene rings is 1. The number of para-hydroxylation sites is 1. The van der Waals surface area contributed by atoms with Crippen LogP contribution in [-0.4, -0.2) is 36.3 Å². The molecule has 0 unspecified atom stereocenters. The van der Waals surface area contributed by atoms with Crippen LogP contribution in [0.5, 0.6) is 0 Å². The van der Waals surface area contributed by atoms with Crippen LogP contribution < -0.4 is 5.32 Å². The van der Waals surface area contributed by atoms with Crippen molar-refractivity contribution in [3.05, 3.63) is 60.4 Å². The average Bonchev–Trinajstić information content (AvgIpc) is 3.30. The van der Waals surface area contributed by atoms with Crippen LogP contribution in [0.1, 0.15) is 25.8 Å². The molecule has 0 bridgehead atoms. The zero-order chi connectivity index (χ0) is 20.0. The van der Waals surface area contributed by atoms with Crippen molar-refractivity contribution < 1.29 is 4.79 Å². The van der Waals surface area contributed by atoms with Crippen molar-refractivity contribution >= 4 is 28.5 Å². The van der Waals surface area contributed by atoms with Gasteiger partial charge in [-0.1, -0.05) is 29.8 Å². The first-order chi connectivity index (χ1) is 14.1. The zero-order valence-corrected chi connectivity index (χ0v) is 16.5. The van der Waals surface area contributed by atoms with Crippen molar-refractivity contribution in [3.8, 4) is 16.8 Å². The van der Waals surface area contributed by atoms with E-state index in [1.165, 1.54) is 6.33 Å². The van der Waals surface area contributed by atoms with Gasteiger partial charge in [-0.25, -0.2) is 9.97 Å². The number of halogens is 1. The summed E-state index contributed by atoms with van der Waals surface area (Å²) in [6, 6.07) is 10.5. The molecule has 1 aromatic carbocycles. The van der Waals surface area contributed by atoms with Gasteiger partial charge in [0.25, 0.3) is 0 Å². The molecule has 0 radical (unpaired) electrons. The highest BCUT2D eigenvalue weighted by Gasteiger charge is 2.31. The van der Waals surface area contributed by atoms with Crippen molar-refractivity contribution in [2.45, 2.75) is 31.8 Å². The number of carbonyl (C=O) groups is 1. The molecular weight excluding hydrogens is 388 g/mol. The van der Waals surface area contributed by atoms with Gasteiger partial charge in [0.15, 0.2) is 0 Å². The predicted octanol–water partition coefficient (Wildman–Crippen LogP) is 3.78. The fourth-order valence-electron chi connectivity index (χ4n) is 3.91. The van der Waals surface area contributed by atoms with Crippen molar-refractivity contribution in [2.24, 2.45) is 0 Å². The molecule has 0 spiro atoms. The minimum atomic E-state index is 0.0120. The van der Waals surface area contributed by atoms with E-state index in [9.17, 15) is 4.79 Å². The Balaban J connectivity index is 1.52. The molecule has 29 heavy (non-hydrogen) atoms. The molecule has 1 aliphatic rings. The van der Waals surface area contributed by atoms with Crippen molar-refractivity contribution in [3.63, 3.8) is 0 Å². The monoisotopic (exact) mass is 406 g/mol. The SMILES string of the molecule is CC(=O)NC1CC(n2cc(-c3cn(-c4ccccc4)c4ncnc(Cl)c34)cn2)C1. The standard InChI is InChI=1S/C21H19ClN6O/c1-13(29)26-15-7-17(8-15)28-10-14(9-25-28)18-11-27(16-5-3-2-4-6-16)21-19(18)20(22)23-12-24-21/h2-6,9-12,15,17H,7-8H2,1H3,(H,26,29). The number of hydrogen-bond donors (Lipinski definition) is 1. The van der Waals surface area contributed by atoms with E-state index in [1.54, 1.807) is 6.92 Å². The lowest BCUT2D eigenvalue weighted by molar-refractivity contribution is -0.120. The van der Waals surface area contributed by atoms with Gasteiger partial charge in [-0.2, -0.15) is 5.10 Å². The van der Waals surface area contributed by atoms with Gasteiger partial charge >= 0.3 is 0 Å². The van der Waals surface area contributed by atoms with Crippen LogP contribution in [0.2, 0.25) is 5.15 Å². The largest absolute Gasteiger partial charge is 0.353 e. The summed E-state index contributed by atoms with van der Waals surface area (Å²) in [6.07, 6.45) is 9.16. The number of rotatable bonds is 4. The minimum absolute atomic E-state index is 0.0120. The number of fused-ring (bicyclic) bond motifs is 1. The molecule has 5 rings (SSSR count). The molecular formula is C21H19ClN6O. The van der Waals surface area contributed by atoms with E-state index in [-0.39, 0.29) is 18.0 Å². The molecule has 0 saturated heterocycles. The van der Waals surface area contributed by atoms with Gasteiger partial charge in [-0.05, 0) is 25.0 Å². The topological polar surface area (TPSA) is 77.6 Å². The van der Waals surface area contributed by atoms with Gasteiger partial charge in [0.2, 0.25) is 5.91 Å². The Morgan fingerprint density at radius 2 is 1.97 bits per heavy atom. The van der Waals surface area contributed by atoms with Crippen molar-refractivity contribution in [1.82, 2.24) is 29.6 Å². The summed E-state index contributed by atoms with van der Waals surface area (Å²) in [5.74, 6) is 0.0120. The van der Waals surface area contributed by atoms with E-state index < -0.39 is 0 Å². The summed E-state index contributed by atoms with van der Waals surface area (Å²) in [7, 11) is 0. The quantitative estimate of drug-likeness (QED) is 0.523. The Morgan fingerprint density at radius 3 is 2.72 bits per heavy atom. The summed E-state index contributed by atoms with van der Waals surface area (Å²) in [5.41, 5.74) is 3.67. The molecule has 1 N–H and O–H groups in total. The molecule has 4 aromatic rings. The maximum absolute atomic E-state index is 11.2. The van der Waals surface area contributed by atoms with Gasteiger partial charge < -0.3 is 9.88 Å². The van der Waals surface area contributed by atoms with Crippen molar-refractivity contribution in [1.29, 1.82) is 0 Å². The van der Waals surface area contributed by atoms with E-state index in [0.717, 1.165) is 40.7 Å². The molecule has 1 saturated carbocycles. The first-order valence-corrected chi connectivity index (χ1v) is 9.86. The van der Waals surface area contributed by atoms with Crippen LogP contribution in [0.25, 0.3) is 27.8 Å². The van der Waals surface area contributed by atoms with Gasteiger partial charge in [0, 0.05) is 42.2 Å². The van der Waals surface area contributed by atoms with E-state index in [1.807, 2.05) is 58.2 Å². The normalized spacial score (nSPS) is 18.6. The number of carbonyl (C=O) groups excluding carboxylic acids is 1. The Labute approximate surface area is 172 Å². The lowest BCUT2D eigenvalue weighted by Gasteiger charge is -2.35. The molecule has 1 aliphatic carbocycles.